The summed E-state index contributed by atoms with van der Waals surface area (Å²) in [7, 11) is 1.55. The quantitative estimate of drug-likeness (QED) is 0.812. The van der Waals surface area contributed by atoms with Crippen LogP contribution in [0.4, 0.5) is 0 Å². The van der Waals surface area contributed by atoms with Gasteiger partial charge in [0, 0.05) is 7.11 Å². The van der Waals surface area contributed by atoms with E-state index in [1.807, 2.05) is 25.1 Å². The Morgan fingerprint density at radius 2 is 1.70 bits per heavy atom. The molecule has 23 heavy (non-hydrogen) atoms. The molecule has 0 aromatic heterocycles. The first kappa shape index (κ1) is 17.3. The van der Waals surface area contributed by atoms with E-state index >= 15 is 0 Å². The predicted octanol–water partition coefficient (Wildman–Crippen LogP) is 3.27. The molecule has 0 spiro atoms. The van der Waals surface area contributed by atoms with Crippen molar-refractivity contribution < 1.29 is 19.3 Å². The lowest BCUT2D eigenvalue weighted by atomic mass is 10.2. The fraction of sp³-hybridized carbons (Fsp3) is 0.368. The molecule has 0 amide bonds. The van der Waals surface area contributed by atoms with Crippen LogP contribution in [-0.4, -0.2) is 31.5 Å². The SMILES string of the molecule is COCC(O)COc1ccc(OCc2ccc(C)cc2)cc1C. The second kappa shape index (κ2) is 8.56. The van der Waals surface area contributed by atoms with Gasteiger partial charge in [0.2, 0.25) is 0 Å². The highest BCUT2D eigenvalue weighted by molar-refractivity contribution is 5.39. The number of aliphatic hydroxyl groups is 1. The van der Waals surface area contributed by atoms with Crippen molar-refractivity contribution in [1.29, 1.82) is 0 Å². The van der Waals surface area contributed by atoms with Crippen LogP contribution in [0.2, 0.25) is 0 Å². The number of benzene rings is 2. The summed E-state index contributed by atoms with van der Waals surface area (Å²) in [6.45, 7) is 5.02. The Bertz CT molecular complexity index is 607. The maximum atomic E-state index is 9.61. The van der Waals surface area contributed by atoms with E-state index in [1.165, 1.54) is 5.56 Å². The summed E-state index contributed by atoms with van der Waals surface area (Å²) in [6.07, 6.45) is -0.628. The summed E-state index contributed by atoms with van der Waals surface area (Å²) < 4.78 is 16.3. The van der Waals surface area contributed by atoms with Crippen LogP contribution in [0.3, 0.4) is 0 Å². The van der Waals surface area contributed by atoms with Crippen LogP contribution < -0.4 is 9.47 Å². The standard InChI is InChI=1S/C19H24O4/c1-14-4-6-16(7-5-14)11-22-18-8-9-19(15(2)10-18)23-13-17(20)12-21-3/h4-10,17,20H,11-13H2,1-3H3. The minimum atomic E-state index is -0.628. The number of aliphatic hydroxyl groups excluding tert-OH is 1. The molecule has 0 aliphatic carbocycles. The molecule has 2 rings (SSSR count). The Labute approximate surface area is 137 Å². The molecule has 0 heterocycles. The van der Waals surface area contributed by atoms with E-state index in [1.54, 1.807) is 7.11 Å². The highest BCUT2D eigenvalue weighted by Gasteiger charge is 2.07. The third-order valence-electron chi connectivity index (χ3n) is 3.46. The molecular formula is C19H24O4. The van der Waals surface area contributed by atoms with Gasteiger partial charge in [0.1, 0.15) is 30.8 Å². The van der Waals surface area contributed by atoms with Gasteiger partial charge in [-0.05, 0) is 43.2 Å². The van der Waals surface area contributed by atoms with Crippen molar-refractivity contribution >= 4 is 0 Å². The van der Waals surface area contributed by atoms with E-state index < -0.39 is 6.10 Å². The van der Waals surface area contributed by atoms with Crippen LogP contribution in [0.15, 0.2) is 42.5 Å². The Balaban J connectivity index is 1.89. The average molecular weight is 316 g/mol. The van der Waals surface area contributed by atoms with Gasteiger partial charge in [-0.1, -0.05) is 29.8 Å². The Morgan fingerprint density at radius 3 is 2.35 bits per heavy atom. The highest BCUT2D eigenvalue weighted by Crippen LogP contribution is 2.24. The maximum Gasteiger partial charge on any atom is 0.122 e. The zero-order chi connectivity index (χ0) is 16.7. The van der Waals surface area contributed by atoms with E-state index in [-0.39, 0.29) is 13.2 Å². The Morgan fingerprint density at radius 1 is 0.957 bits per heavy atom. The summed E-state index contributed by atoms with van der Waals surface area (Å²) in [5.41, 5.74) is 3.34. The van der Waals surface area contributed by atoms with Crippen molar-refractivity contribution in [3.8, 4) is 11.5 Å². The first-order valence-electron chi connectivity index (χ1n) is 7.67. The van der Waals surface area contributed by atoms with Crippen LogP contribution in [0, 0.1) is 13.8 Å². The molecule has 0 bridgehead atoms. The lowest BCUT2D eigenvalue weighted by Crippen LogP contribution is -2.22. The zero-order valence-corrected chi connectivity index (χ0v) is 13.9. The third kappa shape index (κ3) is 5.58. The summed E-state index contributed by atoms with van der Waals surface area (Å²) in [6, 6.07) is 14.0. The van der Waals surface area contributed by atoms with Crippen LogP contribution >= 0.6 is 0 Å². The number of aryl methyl sites for hydroxylation is 2. The van der Waals surface area contributed by atoms with Gasteiger partial charge >= 0.3 is 0 Å². The first-order chi connectivity index (χ1) is 11.1. The molecule has 2 aromatic rings. The molecule has 0 saturated carbocycles. The number of methoxy groups -OCH3 is 1. The van der Waals surface area contributed by atoms with E-state index in [0.29, 0.717) is 6.61 Å². The van der Waals surface area contributed by atoms with Gasteiger partial charge in [-0.15, -0.1) is 0 Å². The number of hydrogen-bond acceptors (Lipinski definition) is 4. The van der Waals surface area contributed by atoms with E-state index in [0.717, 1.165) is 22.6 Å². The topological polar surface area (TPSA) is 47.9 Å². The zero-order valence-electron chi connectivity index (χ0n) is 13.9. The van der Waals surface area contributed by atoms with Crippen LogP contribution in [-0.2, 0) is 11.3 Å². The van der Waals surface area contributed by atoms with Crippen molar-refractivity contribution in [3.63, 3.8) is 0 Å². The van der Waals surface area contributed by atoms with Crippen LogP contribution in [0.25, 0.3) is 0 Å². The fourth-order valence-electron chi connectivity index (χ4n) is 2.15. The molecule has 0 saturated heterocycles. The third-order valence-corrected chi connectivity index (χ3v) is 3.46. The van der Waals surface area contributed by atoms with Crippen molar-refractivity contribution in [2.75, 3.05) is 20.3 Å². The van der Waals surface area contributed by atoms with Crippen molar-refractivity contribution in [2.24, 2.45) is 0 Å². The summed E-state index contributed by atoms with van der Waals surface area (Å²) in [4.78, 5) is 0. The van der Waals surface area contributed by atoms with E-state index in [2.05, 4.69) is 31.2 Å². The summed E-state index contributed by atoms with van der Waals surface area (Å²) >= 11 is 0. The van der Waals surface area contributed by atoms with Gasteiger partial charge in [-0.2, -0.15) is 0 Å². The van der Waals surface area contributed by atoms with Crippen LogP contribution in [0.5, 0.6) is 11.5 Å². The van der Waals surface area contributed by atoms with Crippen molar-refractivity contribution in [2.45, 2.75) is 26.6 Å². The van der Waals surface area contributed by atoms with Gasteiger partial charge < -0.3 is 19.3 Å². The second-order valence-electron chi connectivity index (χ2n) is 5.62. The van der Waals surface area contributed by atoms with E-state index in [9.17, 15) is 5.11 Å². The van der Waals surface area contributed by atoms with Crippen LogP contribution in [0.1, 0.15) is 16.7 Å². The Kier molecular flexibility index (Phi) is 6.44. The Hall–Kier alpha value is -2.04. The molecule has 4 nitrogen and oxygen atoms in total. The molecule has 1 unspecified atom stereocenters. The summed E-state index contributed by atoms with van der Waals surface area (Å²) in [5.74, 6) is 1.54. The fourth-order valence-corrected chi connectivity index (χ4v) is 2.15. The lowest BCUT2D eigenvalue weighted by Gasteiger charge is -2.14. The van der Waals surface area contributed by atoms with Crippen molar-refractivity contribution in [1.82, 2.24) is 0 Å². The molecular weight excluding hydrogens is 292 g/mol. The monoisotopic (exact) mass is 316 g/mol. The molecule has 0 fully saturated rings. The largest absolute Gasteiger partial charge is 0.491 e. The molecule has 0 aliphatic rings. The predicted molar refractivity (Wildman–Crippen MR) is 90.1 cm³/mol. The normalized spacial score (nSPS) is 12.0. The highest BCUT2D eigenvalue weighted by atomic mass is 16.5. The number of rotatable bonds is 8. The number of ether oxygens (including phenoxy) is 3. The average Bonchev–Trinajstić information content (AvgIpc) is 2.54. The minimum absolute atomic E-state index is 0.207. The maximum absolute atomic E-state index is 9.61. The van der Waals surface area contributed by atoms with Gasteiger partial charge in [0.25, 0.3) is 0 Å². The molecule has 1 N–H and O–H groups in total. The first-order valence-corrected chi connectivity index (χ1v) is 7.67. The molecule has 4 heteroatoms. The smallest absolute Gasteiger partial charge is 0.122 e. The van der Waals surface area contributed by atoms with Gasteiger partial charge in [-0.25, -0.2) is 0 Å². The molecule has 124 valence electrons. The summed E-state index contributed by atoms with van der Waals surface area (Å²) in [5, 5.41) is 9.61. The molecule has 1 atom stereocenters. The van der Waals surface area contributed by atoms with Gasteiger partial charge in [0.05, 0.1) is 6.61 Å². The van der Waals surface area contributed by atoms with Gasteiger partial charge in [0.15, 0.2) is 0 Å². The van der Waals surface area contributed by atoms with E-state index in [4.69, 9.17) is 14.2 Å². The van der Waals surface area contributed by atoms with Crippen molar-refractivity contribution in [3.05, 3.63) is 59.2 Å². The van der Waals surface area contributed by atoms with Gasteiger partial charge in [-0.3, -0.25) is 0 Å². The lowest BCUT2D eigenvalue weighted by molar-refractivity contribution is 0.0324. The second-order valence-corrected chi connectivity index (χ2v) is 5.62. The molecule has 2 aromatic carbocycles. The molecule has 0 radical (unpaired) electrons. The molecule has 0 aliphatic heterocycles. The minimum Gasteiger partial charge on any atom is -0.491 e. The number of hydrogen-bond donors (Lipinski definition) is 1.